The van der Waals surface area contributed by atoms with Crippen LogP contribution in [0.5, 0.6) is 17.2 Å². The van der Waals surface area contributed by atoms with Gasteiger partial charge in [-0.2, -0.15) is 5.10 Å². The minimum absolute atomic E-state index is 0.0373. The summed E-state index contributed by atoms with van der Waals surface area (Å²) in [5.41, 5.74) is 8.43. The zero-order valence-electron chi connectivity index (χ0n) is 38.9. The van der Waals surface area contributed by atoms with E-state index in [9.17, 15) is 34.5 Å². The van der Waals surface area contributed by atoms with E-state index in [4.69, 9.17) is 14.2 Å². The number of nitrogens with one attached hydrogen (secondary N) is 3. The van der Waals surface area contributed by atoms with Crippen molar-refractivity contribution < 1.29 is 48.7 Å². The van der Waals surface area contributed by atoms with Crippen molar-refractivity contribution >= 4 is 62.6 Å². The number of hydrogen-bond donors (Lipinski definition) is 6. The van der Waals surface area contributed by atoms with Crippen LogP contribution < -0.4 is 20.8 Å². The number of ether oxygens (including phenoxy) is 3. The Morgan fingerprint density at radius 3 is 2.23 bits per heavy atom. The first-order chi connectivity index (χ1) is 33.0. The number of amides is 4. The van der Waals surface area contributed by atoms with Crippen molar-refractivity contribution in [2.75, 3.05) is 39.6 Å². The number of aliphatic hydroxyl groups excluding tert-OH is 1. The fourth-order valence-corrected chi connectivity index (χ4v) is 9.87. The molecular formula is C51H56N6O10S2. The van der Waals surface area contributed by atoms with Gasteiger partial charge in [-0.1, -0.05) is 45.0 Å². The number of aryl methyl sites for hydroxylation is 1. The van der Waals surface area contributed by atoms with Gasteiger partial charge >= 0.3 is 0 Å². The molecule has 6 aromatic rings. The standard InChI is InChI=1S/C51H56N6O10S2/c1-30(33-8-10-34(11-9-33)45-31(2)52-29-68-45)54-48(62)41-24-38(60)27-57(41)50(64)47(51(3,4)5)55-43(61)28-66-21-20-65-22-23-67-39-17-6-32(7-18-39)26-53-56-49(63)44-40-19-16-37(59)25-42(40)69-46(44)35-12-14-36(58)15-13-35/h6-19,25-26,29-30,38,41,47,58-60H,20-24,27-28H2,1-5H3,(H,54,62)(H,55,61)(H,56,63)/b53-26+/t30-,38+,41-,47+/m0/s1. The molecule has 4 atom stereocenters. The van der Waals surface area contributed by atoms with Gasteiger partial charge in [0, 0.05) is 27.9 Å². The molecule has 7 rings (SSSR count). The number of thiophene rings is 1. The fraction of sp³-hybridized carbons (Fsp3) is 0.333. The molecule has 0 radical (unpaired) electrons. The molecule has 1 fully saturated rings. The number of carbonyl (C=O) groups excluding carboxylic acids is 4. The first-order valence-corrected chi connectivity index (χ1v) is 24.1. The predicted octanol–water partition coefficient (Wildman–Crippen LogP) is 6.96. The van der Waals surface area contributed by atoms with E-state index in [2.05, 4.69) is 26.1 Å². The normalized spacial score (nSPS) is 15.8. The summed E-state index contributed by atoms with van der Waals surface area (Å²) in [4.78, 5) is 61.5. The molecule has 69 heavy (non-hydrogen) atoms. The van der Waals surface area contributed by atoms with Crippen molar-refractivity contribution in [3.05, 3.63) is 119 Å². The number of β-amino-alcohol motifs (C(OH)–C–C–N with tert-alkyl or cyclic N) is 1. The number of aromatic hydroxyl groups is 2. The van der Waals surface area contributed by atoms with Crippen molar-refractivity contribution in [2.24, 2.45) is 10.5 Å². The Labute approximate surface area is 408 Å². The second-order valence-electron chi connectivity index (χ2n) is 17.7. The molecule has 18 heteroatoms. The molecule has 1 aliphatic heterocycles. The summed E-state index contributed by atoms with van der Waals surface area (Å²) >= 11 is 2.92. The van der Waals surface area contributed by atoms with Crippen LogP contribution in [0.15, 0.2) is 102 Å². The average molecular weight is 977 g/mol. The van der Waals surface area contributed by atoms with Gasteiger partial charge in [-0.25, -0.2) is 10.4 Å². The van der Waals surface area contributed by atoms with Crippen molar-refractivity contribution in [1.82, 2.24) is 25.9 Å². The number of hydrogen-bond acceptors (Lipinski definition) is 14. The smallest absolute Gasteiger partial charge is 0.273 e. The highest BCUT2D eigenvalue weighted by Crippen LogP contribution is 2.40. The van der Waals surface area contributed by atoms with E-state index in [0.717, 1.165) is 32.0 Å². The Balaban J connectivity index is 0.809. The molecule has 0 bridgehead atoms. The number of rotatable bonds is 19. The van der Waals surface area contributed by atoms with Crippen LogP contribution in [-0.4, -0.2) is 113 Å². The van der Waals surface area contributed by atoms with Crippen molar-refractivity contribution in [3.8, 4) is 38.1 Å². The molecule has 6 N–H and O–H groups in total. The van der Waals surface area contributed by atoms with Crippen LogP contribution in [0.25, 0.3) is 31.0 Å². The molecule has 0 aliphatic carbocycles. The van der Waals surface area contributed by atoms with Crippen LogP contribution >= 0.6 is 22.7 Å². The second-order valence-corrected chi connectivity index (χ2v) is 19.6. The Hall–Kier alpha value is -6.70. The van der Waals surface area contributed by atoms with E-state index in [1.54, 1.807) is 72.0 Å². The number of nitrogens with zero attached hydrogens (tertiary/aromatic N) is 3. The van der Waals surface area contributed by atoms with Crippen molar-refractivity contribution in [2.45, 2.75) is 65.3 Å². The molecule has 1 aliphatic rings. The lowest BCUT2D eigenvalue weighted by Crippen LogP contribution is -2.58. The number of carbonyl (C=O) groups is 4. The number of phenols is 2. The Morgan fingerprint density at radius 2 is 1.54 bits per heavy atom. The van der Waals surface area contributed by atoms with E-state index >= 15 is 0 Å². The Bertz CT molecular complexity index is 2770. The number of phenolic OH excluding ortho intramolecular Hbond substituents is 2. The molecule has 1 saturated heterocycles. The summed E-state index contributed by atoms with van der Waals surface area (Å²) in [7, 11) is 0. The molecule has 0 unspecified atom stereocenters. The Kier molecular flexibility index (Phi) is 16.4. The summed E-state index contributed by atoms with van der Waals surface area (Å²) in [5.74, 6) is -0.994. The highest BCUT2D eigenvalue weighted by atomic mass is 32.1. The van der Waals surface area contributed by atoms with Gasteiger partial charge in [0.25, 0.3) is 5.91 Å². The van der Waals surface area contributed by atoms with E-state index in [0.29, 0.717) is 27.1 Å². The van der Waals surface area contributed by atoms with Gasteiger partial charge in [0.2, 0.25) is 17.7 Å². The zero-order chi connectivity index (χ0) is 49.2. The maximum absolute atomic E-state index is 14.0. The summed E-state index contributed by atoms with van der Waals surface area (Å²) in [6.07, 6.45) is 0.692. The minimum atomic E-state index is -0.994. The molecule has 4 amide bonds. The second kappa shape index (κ2) is 22.6. The number of fused-ring (bicyclic) bond motifs is 1. The summed E-state index contributed by atoms with van der Waals surface area (Å²) in [5, 5.41) is 41.0. The molecule has 362 valence electrons. The van der Waals surface area contributed by atoms with Gasteiger partial charge in [0.05, 0.1) is 59.8 Å². The van der Waals surface area contributed by atoms with E-state index in [1.165, 1.54) is 28.5 Å². The average Bonchev–Trinajstić information content (AvgIpc) is 4.05. The Morgan fingerprint density at radius 1 is 0.870 bits per heavy atom. The SMILES string of the molecule is Cc1ncsc1-c1ccc([C@H](C)NC(=O)[C@@H]2C[C@@H](O)CN2C(=O)[C@@H](NC(=O)COCCOCCOc2ccc(/C=N/NC(=O)c3c(-c4ccc(O)cc4)sc4cc(O)ccc34)cc2)C(C)(C)C)cc1. The highest BCUT2D eigenvalue weighted by Gasteiger charge is 2.44. The maximum atomic E-state index is 14.0. The van der Waals surface area contributed by atoms with Gasteiger partial charge in [-0.05, 0) is 108 Å². The summed E-state index contributed by atoms with van der Waals surface area (Å²) in [6.45, 7) is 9.73. The maximum Gasteiger partial charge on any atom is 0.273 e. The van der Waals surface area contributed by atoms with Gasteiger partial charge in [0.1, 0.15) is 42.5 Å². The molecule has 0 saturated carbocycles. The number of hydrazone groups is 1. The topological polar surface area (TPSA) is 221 Å². The molecule has 2 aromatic heterocycles. The highest BCUT2D eigenvalue weighted by molar-refractivity contribution is 7.22. The predicted molar refractivity (Wildman–Crippen MR) is 266 cm³/mol. The van der Waals surface area contributed by atoms with Crippen LogP contribution in [0, 0.1) is 12.3 Å². The lowest BCUT2D eigenvalue weighted by Gasteiger charge is -2.35. The monoisotopic (exact) mass is 976 g/mol. The molecular weight excluding hydrogens is 921 g/mol. The van der Waals surface area contributed by atoms with Gasteiger partial charge in [-0.15, -0.1) is 22.7 Å². The van der Waals surface area contributed by atoms with Crippen molar-refractivity contribution in [3.63, 3.8) is 0 Å². The zero-order valence-corrected chi connectivity index (χ0v) is 40.6. The van der Waals surface area contributed by atoms with Gasteiger partial charge in [-0.3, -0.25) is 19.2 Å². The quantitative estimate of drug-likeness (QED) is 0.0277. The third-order valence-electron chi connectivity index (χ3n) is 11.5. The van der Waals surface area contributed by atoms with E-state index in [-0.39, 0.29) is 69.4 Å². The number of benzene rings is 4. The number of likely N-dealkylation sites (tertiary alicyclic amines) is 1. The lowest BCUT2D eigenvalue weighted by molar-refractivity contribution is -0.144. The summed E-state index contributed by atoms with van der Waals surface area (Å²) in [6, 6.07) is 24.1. The van der Waals surface area contributed by atoms with E-state index < -0.39 is 41.3 Å². The molecule has 3 heterocycles. The molecule has 4 aromatic carbocycles. The molecule has 16 nitrogen and oxygen atoms in total. The number of thiazole rings is 1. The third-order valence-corrected chi connectivity index (χ3v) is 13.6. The van der Waals surface area contributed by atoms with Crippen molar-refractivity contribution in [1.29, 1.82) is 0 Å². The van der Waals surface area contributed by atoms with Crippen LogP contribution in [-0.2, 0) is 23.9 Å². The minimum Gasteiger partial charge on any atom is -0.508 e. The fourth-order valence-electron chi connectivity index (χ4n) is 7.82. The molecule has 0 spiro atoms. The van der Waals surface area contributed by atoms with E-state index in [1.807, 2.05) is 64.4 Å². The lowest BCUT2D eigenvalue weighted by atomic mass is 9.85. The first kappa shape index (κ1) is 50.2. The van der Waals surface area contributed by atoms with Crippen LogP contribution in [0.1, 0.15) is 67.3 Å². The van der Waals surface area contributed by atoms with Crippen LogP contribution in [0.3, 0.4) is 0 Å². The van der Waals surface area contributed by atoms with Crippen LogP contribution in [0.4, 0.5) is 0 Å². The first-order valence-electron chi connectivity index (χ1n) is 22.4. The van der Waals surface area contributed by atoms with Crippen LogP contribution in [0.2, 0.25) is 0 Å². The summed E-state index contributed by atoms with van der Waals surface area (Å²) < 4.78 is 17.7. The van der Waals surface area contributed by atoms with Gasteiger partial charge < -0.3 is 45.1 Å². The largest absolute Gasteiger partial charge is 0.508 e. The number of aliphatic hydroxyl groups is 1. The van der Waals surface area contributed by atoms with Gasteiger partial charge in [0.15, 0.2) is 0 Å². The third kappa shape index (κ3) is 12.9. The number of aromatic nitrogens is 1.